The van der Waals surface area contributed by atoms with Crippen molar-refractivity contribution in [2.45, 2.75) is 107 Å². The summed E-state index contributed by atoms with van der Waals surface area (Å²) in [7, 11) is -5.17. The summed E-state index contributed by atoms with van der Waals surface area (Å²) in [6, 6.07) is 6.52. The number of aromatic nitrogens is 2. The van der Waals surface area contributed by atoms with Crippen molar-refractivity contribution in [2.24, 2.45) is 0 Å². The van der Waals surface area contributed by atoms with Crippen molar-refractivity contribution in [3.05, 3.63) is 40.2 Å². The van der Waals surface area contributed by atoms with Crippen LogP contribution in [0.3, 0.4) is 0 Å². The molecule has 13 atom stereocenters. The first kappa shape index (κ1) is 42.1. The number of phosphoric acid groups is 1. The van der Waals surface area contributed by atoms with Gasteiger partial charge in [-0.3, -0.25) is 23.6 Å². The van der Waals surface area contributed by atoms with Gasteiger partial charge in [-0.15, -0.1) is 0 Å². The molecule has 2 aromatic rings. The van der Waals surface area contributed by atoms with Crippen LogP contribution in [0.15, 0.2) is 29.1 Å². The van der Waals surface area contributed by atoms with Crippen LogP contribution in [-0.4, -0.2) is 159 Å². The Hall–Kier alpha value is -4.10. The van der Waals surface area contributed by atoms with E-state index in [9.17, 15) is 54.5 Å². The number of benzene rings is 1. The summed E-state index contributed by atoms with van der Waals surface area (Å²) in [5, 5.41) is 84.0. The number of nitrogens with one attached hydrogen (secondary N) is 2. The third kappa shape index (κ3) is 9.48. The first-order chi connectivity index (χ1) is 25.8. The Balaban J connectivity index is 1.14. The number of aromatic amines is 1. The van der Waals surface area contributed by atoms with E-state index in [2.05, 4.69) is 24.3 Å². The lowest BCUT2D eigenvalue weighted by Gasteiger charge is -2.30. The SMILES string of the molecule is CC1Nc2nc(N)[nH]c(=O)c2[N+]2=CN(c3ccc(CC(O)C(O)C(O)C(O)O[C@H]4O[C@H](COP(=O)(O)OC(CCC(=O)O)C(=O)O)[C@@H](O)[C@H]4O)cc3)C(C)C12. The largest absolute Gasteiger partial charge is 0.481 e. The van der Waals surface area contributed by atoms with Gasteiger partial charge in [-0.05, 0) is 38.0 Å². The van der Waals surface area contributed by atoms with Crippen LogP contribution in [-0.2, 0) is 39.1 Å². The summed E-state index contributed by atoms with van der Waals surface area (Å²) in [5.41, 5.74) is 6.93. The van der Waals surface area contributed by atoms with Crippen molar-refractivity contribution in [1.29, 1.82) is 0 Å². The number of fused-ring (bicyclic) bond motifs is 3. The Labute approximate surface area is 311 Å². The number of hydrogen-bond acceptors (Lipinski definition) is 18. The number of aliphatic carboxylic acids is 2. The van der Waals surface area contributed by atoms with Gasteiger partial charge >= 0.3 is 25.3 Å². The maximum Gasteiger partial charge on any atom is 0.473 e. The minimum absolute atomic E-state index is 0.0127. The van der Waals surface area contributed by atoms with Gasteiger partial charge in [0.2, 0.25) is 18.0 Å². The smallest absolute Gasteiger partial charge is 0.473 e. The van der Waals surface area contributed by atoms with Crippen molar-refractivity contribution in [3.63, 3.8) is 0 Å². The number of carbonyl (C=O) groups is 2. The first-order valence-corrected chi connectivity index (χ1v) is 18.4. The summed E-state index contributed by atoms with van der Waals surface area (Å²) in [6.07, 6.45) is -17.2. The Bertz CT molecular complexity index is 1850. The second-order valence-corrected chi connectivity index (χ2v) is 14.7. The Morgan fingerprint density at radius 3 is 2.40 bits per heavy atom. The maximum absolute atomic E-state index is 12.8. The Morgan fingerprint density at radius 2 is 1.76 bits per heavy atom. The number of phosphoric ester groups is 1. The molecule has 24 heteroatoms. The summed E-state index contributed by atoms with van der Waals surface area (Å²) in [4.78, 5) is 53.4. The molecule has 304 valence electrons. The standard InChI is InChI=1S/C31H43N6O17P/c1-12-20-13(2)36(11-37(20)21-26(33-12)34-31(32)35-27(21)45)15-5-3-14(4-6-15)9-16(38)22(41)24(43)29(48)53-30-25(44)23(42)18(52-30)10-51-55(49,50)54-17(28(46)47)7-8-19(39)40/h3-6,11-13,16-18,20,22-25,29-30,38,41-44,48H,7-10H2,1-2H3,(H6-,32,33,34,35,39,40,45,46,47,49,50)/p+1/t12?,13?,16?,17?,18-,20?,22?,23-,24?,25-,29?,30-/m1/s1. The molecular formula is C31H44N6O17P+. The lowest BCUT2D eigenvalue weighted by molar-refractivity contribution is -0.479. The van der Waals surface area contributed by atoms with E-state index >= 15 is 0 Å². The van der Waals surface area contributed by atoms with Crippen LogP contribution >= 0.6 is 7.82 Å². The van der Waals surface area contributed by atoms with Gasteiger partial charge < -0.3 is 66.3 Å². The third-order valence-electron chi connectivity index (χ3n) is 9.42. The number of nitrogens with two attached hydrogens (primary N) is 1. The molecule has 1 aromatic heterocycles. The second kappa shape index (κ2) is 17.0. The van der Waals surface area contributed by atoms with Crippen LogP contribution < -0.4 is 21.5 Å². The van der Waals surface area contributed by atoms with E-state index in [4.69, 9.17) is 25.4 Å². The van der Waals surface area contributed by atoms with Crippen molar-refractivity contribution in [3.8, 4) is 0 Å². The monoisotopic (exact) mass is 803 g/mol. The molecule has 1 aromatic carbocycles. The molecule has 1 saturated heterocycles. The number of nitrogens with zero attached hydrogens (tertiary/aromatic N) is 3. The molecule has 0 saturated carbocycles. The van der Waals surface area contributed by atoms with Crippen molar-refractivity contribution in [1.82, 2.24) is 9.97 Å². The number of rotatable bonds is 17. The van der Waals surface area contributed by atoms with Gasteiger partial charge in [0.15, 0.2) is 30.5 Å². The minimum Gasteiger partial charge on any atom is -0.481 e. The number of aliphatic hydroxyl groups excluding tert-OH is 6. The summed E-state index contributed by atoms with van der Waals surface area (Å²) in [6.45, 7) is 2.97. The van der Waals surface area contributed by atoms with Crippen LogP contribution in [0.5, 0.6) is 0 Å². The summed E-state index contributed by atoms with van der Waals surface area (Å²) >= 11 is 0. The molecule has 9 unspecified atom stereocenters. The maximum atomic E-state index is 12.8. The molecule has 3 aliphatic rings. The number of carboxylic acids is 2. The van der Waals surface area contributed by atoms with Gasteiger partial charge in [0.25, 0.3) is 0 Å². The Kier molecular flexibility index (Phi) is 13.0. The van der Waals surface area contributed by atoms with Crippen LogP contribution in [0.4, 0.5) is 23.1 Å². The third-order valence-corrected chi connectivity index (χ3v) is 10.4. The van der Waals surface area contributed by atoms with Crippen LogP contribution in [0.2, 0.25) is 0 Å². The second-order valence-electron chi connectivity index (χ2n) is 13.3. The molecule has 3 aliphatic heterocycles. The molecular weight excluding hydrogens is 759 g/mol. The number of hydrogen-bond donors (Lipinski definition) is 12. The first-order valence-electron chi connectivity index (χ1n) is 16.9. The van der Waals surface area contributed by atoms with Crippen LogP contribution in [0.25, 0.3) is 0 Å². The van der Waals surface area contributed by atoms with E-state index in [1.54, 1.807) is 30.6 Å². The molecule has 0 radical (unpaired) electrons. The van der Waals surface area contributed by atoms with Gasteiger partial charge in [0, 0.05) is 12.8 Å². The van der Waals surface area contributed by atoms with E-state index in [1.807, 2.05) is 23.3 Å². The van der Waals surface area contributed by atoms with E-state index in [-0.39, 0.29) is 30.5 Å². The highest BCUT2D eigenvalue weighted by Gasteiger charge is 2.49. The molecule has 0 amide bonds. The van der Waals surface area contributed by atoms with E-state index in [0.717, 1.165) is 5.69 Å². The zero-order chi connectivity index (χ0) is 40.5. The number of carboxylic acid groups (broad SMARTS) is 2. The van der Waals surface area contributed by atoms with Crippen LogP contribution in [0, 0.1) is 0 Å². The molecule has 0 aliphatic carbocycles. The van der Waals surface area contributed by atoms with E-state index in [1.165, 1.54) is 0 Å². The molecule has 0 spiro atoms. The molecule has 1 fully saturated rings. The number of aliphatic hydroxyl groups is 6. The number of nitrogen functional groups attached to an aromatic ring is 1. The zero-order valence-electron chi connectivity index (χ0n) is 29.3. The fourth-order valence-corrected chi connectivity index (χ4v) is 7.50. The lowest BCUT2D eigenvalue weighted by atomic mass is 9.98. The summed E-state index contributed by atoms with van der Waals surface area (Å²) < 4.78 is 33.5. The predicted molar refractivity (Wildman–Crippen MR) is 185 cm³/mol. The van der Waals surface area contributed by atoms with E-state index in [0.29, 0.717) is 17.1 Å². The average molecular weight is 804 g/mol. The lowest BCUT2D eigenvalue weighted by Crippen LogP contribution is -2.49. The van der Waals surface area contributed by atoms with Gasteiger partial charge in [-0.25, -0.2) is 18.8 Å². The van der Waals surface area contributed by atoms with Gasteiger partial charge in [0.05, 0.1) is 18.8 Å². The van der Waals surface area contributed by atoms with Crippen molar-refractivity contribution >= 4 is 49.2 Å². The quantitative estimate of drug-likeness (QED) is 0.0430. The van der Waals surface area contributed by atoms with E-state index < -0.39 is 100 Å². The molecule has 13 N–H and O–H groups in total. The molecule has 0 bridgehead atoms. The highest BCUT2D eigenvalue weighted by atomic mass is 31.2. The molecule has 5 rings (SSSR count). The number of anilines is 3. The molecule has 55 heavy (non-hydrogen) atoms. The number of H-pyrrole nitrogens is 1. The van der Waals surface area contributed by atoms with Crippen LogP contribution in [0.1, 0.15) is 32.3 Å². The molecule has 4 heterocycles. The van der Waals surface area contributed by atoms with Gasteiger partial charge in [-0.1, -0.05) is 12.1 Å². The summed E-state index contributed by atoms with van der Waals surface area (Å²) in [5.74, 6) is -2.78. The fraction of sp³-hybridized carbons (Fsp3) is 0.581. The zero-order valence-corrected chi connectivity index (χ0v) is 30.2. The normalized spacial score (nSPS) is 28.5. The van der Waals surface area contributed by atoms with Gasteiger partial charge in [-0.2, -0.15) is 4.98 Å². The van der Waals surface area contributed by atoms with Crippen molar-refractivity contribution in [2.75, 3.05) is 22.6 Å². The minimum atomic E-state index is -5.17. The fourth-order valence-electron chi connectivity index (χ4n) is 6.59. The van der Waals surface area contributed by atoms with Crippen molar-refractivity contribution < 1.29 is 83.0 Å². The highest BCUT2D eigenvalue weighted by molar-refractivity contribution is 7.47. The van der Waals surface area contributed by atoms with Gasteiger partial charge in [0.1, 0.15) is 42.2 Å². The predicted octanol–water partition coefficient (Wildman–Crippen LogP) is -3.03. The average Bonchev–Trinajstić information content (AvgIpc) is 3.59. The highest BCUT2D eigenvalue weighted by Crippen LogP contribution is 2.46. The Morgan fingerprint density at radius 1 is 1.09 bits per heavy atom. The molecule has 23 nitrogen and oxygen atoms in total. The topological polar surface area (TPSA) is 360 Å². The number of ether oxygens (including phenoxy) is 2.